The first-order chi connectivity index (χ1) is 27.0. The van der Waals surface area contributed by atoms with Crippen molar-refractivity contribution in [3.8, 4) is 23.0 Å². The molecule has 0 radical (unpaired) electrons. The van der Waals surface area contributed by atoms with Crippen molar-refractivity contribution < 1.29 is 24.1 Å². The van der Waals surface area contributed by atoms with Crippen LogP contribution in [0.2, 0.25) is 0 Å². The summed E-state index contributed by atoms with van der Waals surface area (Å²) in [7, 11) is 1.66. The molecular formula is C48H50N2O5. The van der Waals surface area contributed by atoms with Gasteiger partial charge in [-0.3, -0.25) is 9.88 Å². The molecule has 2 heterocycles. The summed E-state index contributed by atoms with van der Waals surface area (Å²) >= 11 is 0. The summed E-state index contributed by atoms with van der Waals surface area (Å²) in [6, 6.07) is 42.1. The summed E-state index contributed by atoms with van der Waals surface area (Å²) in [5.74, 6) is 3.16. The van der Waals surface area contributed by atoms with E-state index >= 15 is 0 Å². The summed E-state index contributed by atoms with van der Waals surface area (Å²) in [4.78, 5) is 7.00. The number of hydrogen-bond acceptors (Lipinski definition) is 7. The van der Waals surface area contributed by atoms with Gasteiger partial charge >= 0.3 is 0 Å². The lowest BCUT2D eigenvalue weighted by Gasteiger charge is -2.45. The first-order valence-corrected chi connectivity index (χ1v) is 19.2. The molecule has 0 saturated carbocycles. The van der Waals surface area contributed by atoms with Crippen molar-refractivity contribution >= 4 is 10.9 Å². The van der Waals surface area contributed by atoms with E-state index in [0.29, 0.717) is 49.5 Å². The maximum Gasteiger partial charge on any atom is 0.203 e. The highest BCUT2D eigenvalue weighted by Crippen LogP contribution is 2.43. The molecule has 282 valence electrons. The van der Waals surface area contributed by atoms with Gasteiger partial charge in [0.05, 0.1) is 18.7 Å². The molecule has 1 aromatic heterocycles. The van der Waals surface area contributed by atoms with Gasteiger partial charge in [-0.1, -0.05) is 110 Å². The van der Waals surface area contributed by atoms with Crippen LogP contribution in [0.5, 0.6) is 23.0 Å². The summed E-state index contributed by atoms with van der Waals surface area (Å²) in [6.07, 6.45) is 4.91. The number of aliphatic hydroxyl groups excluding tert-OH is 1. The summed E-state index contributed by atoms with van der Waals surface area (Å²) in [5, 5.41) is 13.3. The molecule has 5 aromatic carbocycles. The van der Waals surface area contributed by atoms with Crippen molar-refractivity contribution in [3.05, 3.63) is 174 Å². The molecule has 2 unspecified atom stereocenters. The monoisotopic (exact) mass is 734 g/mol. The van der Waals surface area contributed by atoms with Crippen LogP contribution in [0.3, 0.4) is 0 Å². The first kappa shape index (κ1) is 37.7. The van der Waals surface area contributed by atoms with Crippen LogP contribution in [0.15, 0.2) is 146 Å². The van der Waals surface area contributed by atoms with Crippen LogP contribution in [-0.4, -0.2) is 34.7 Å². The second-order valence-electron chi connectivity index (χ2n) is 14.3. The minimum atomic E-state index is -0.770. The Bertz CT molecular complexity index is 2080. The molecule has 0 spiro atoms. The van der Waals surface area contributed by atoms with Gasteiger partial charge in [-0.05, 0) is 82.5 Å². The number of fused-ring (bicyclic) bond motifs is 1. The highest BCUT2D eigenvalue weighted by atomic mass is 16.5. The van der Waals surface area contributed by atoms with Gasteiger partial charge in [-0.25, -0.2) is 0 Å². The van der Waals surface area contributed by atoms with Crippen LogP contribution in [0.4, 0.5) is 0 Å². The molecule has 1 aliphatic heterocycles. The smallest absolute Gasteiger partial charge is 0.203 e. The van der Waals surface area contributed by atoms with Crippen molar-refractivity contribution in [2.75, 3.05) is 13.7 Å². The van der Waals surface area contributed by atoms with E-state index in [4.69, 9.17) is 18.9 Å². The number of nitrogens with zero attached hydrogens (tertiary/aromatic N) is 2. The lowest BCUT2D eigenvalue weighted by Crippen LogP contribution is -2.49. The van der Waals surface area contributed by atoms with Gasteiger partial charge in [0, 0.05) is 30.7 Å². The van der Waals surface area contributed by atoms with Crippen LogP contribution in [0, 0.1) is 11.8 Å². The van der Waals surface area contributed by atoms with E-state index in [0.717, 1.165) is 63.9 Å². The third-order valence-electron chi connectivity index (χ3n) is 10.7. The van der Waals surface area contributed by atoms with E-state index in [2.05, 4.69) is 65.9 Å². The lowest BCUT2D eigenvalue weighted by atomic mass is 9.77. The van der Waals surface area contributed by atoms with Crippen molar-refractivity contribution in [1.29, 1.82) is 0 Å². The second kappa shape index (κ2) is 18.1. The van der Waals surface area contributed by atoms with E-state index in [1.807, 2.05) is 91.0 Å². The number of pyridine rings is 1. The van der Waals surface area contributed by atoms with Gasteiger partial charge in [0.25, 0.3) is 0 Å². The number of methoxy groups -OCH3 is 1. The molecule has 0 bridgehead atoms. The molecule has 0 amide bonds. The molecule has 1 saturated heterocycles. The number of ether oxygens (including phenoxy) is 4. The van der Waals surface area contributed by atoms with Gasteiger partial charge in [0.15, 0.2) is 11.5 Å². The molecule has 6 aromatic rings. The average Bonchev–Trinajstić information content (AvgIpc) is 3.24. The number of likely N-dealkylation sites (tertiary alicyclic amines) is 1. The van der Waals surface area contributed by atoms with E-state index in [-0.39, 0.29) is 12.0 Å². The highest BCUT2D eigenvalue weighted by Gasteiger charge is 2.38. The standard InChI is InChI=1S/C48H50N2O5/c1-4-38-27-44(47(51)41-23-24-49-43-22-21-40(52-3)28-42(41)43)50(30-39(38)5-2)29-37-25-45(53-31-34-15-9-6-10-16-34)48(55-33-36-19-13-8-14-20-36)46(26-37)54-32-35-17-11-7-12-18-35/h5-26,28,38-39,44,47,51H,2,4,27,29-33H2,1,3H3/t38?,39?,44-,47+/m0/s1. The zero-order chi connectivity index (χ0) is 38.0. The Balaban J connectivity index is 1.27. The first-order valence-electron chi connectivity index (χ1n) is 19.2. The maximum atomic E-state index is 12.4. The highest BCUT2D eigenvalue weighted by molar-refractivity contribution is 5.84. The largest absolute Gasteiger partial charge is 0.497 e. The second-order valence-corrected chi connectivity index (χ2v) is 14.3. The summed E-state index contributed by atoms with van der Waals surface area (Å²) in [5.41, 5.74) is 5.80. The van der Waals surface area contributed by atoms with Crippen molar-refractivity contribution in [1.82, 2.24) is 9.88 Å². The Kier molecular flexibility index (Phi) is 12.4. The summed E-state index contributed by atoms with van der Waals surface area (Å²) < 4.78 is 25.4. The Morgan fingerprint density at radius 1 is 0.764 bits per heavy atom. The number of aromatic nitrogens is 1. The third kappa shape index (κ3) is 9.19. The average molecular weight is 735 g/mol. The van der Waals surface area contributed by atoms with Gasteiger partial charge in [0.2, 0.25) is 5.75 Å². The van der Waals surface area contributed by atoms with Crippen molar-refractivity contribution in [2.45, 2.75) is 58.3 Å². The fourth-order valence-corrected chi connectivity index (χ4v) is 7.69. The van der Waals surface area contributed by atoms with Crippen LogP contribution < -0.4 is 18.9 Å². The van der Waals surface area contributed by atoms with Gasteiger partial charge < -0.3 is 24.1 Å². The van der Waals surface area contributed by atoms with Crippen LogP contribution in [-0.2, 0) is 26.4 Å². The normalized spacial score (nSPS) is 17.7. The maximum absolute atomic E-state index is 12.4. The third-order valence-corrected chi connectivity index (χ3v) is 10.7. The Morgan fingerprint density at radius 2 is 1.35 bits per heavy atom. The zero-order valence-corrected chi connectivity index (χ0v) is 31.7. The molecule has 55 heavy (non-hydrogen) atoms. The molecule has 1 fully saturated rings. The fourth-order valence-electron chi connectivity index (χ4n) is 7.69. The van der Waals surface area contributed by atoms with Gasteiger partial charge in [0.1, 0.15) is 25.6 Å². The quantitative estimate of drug-likeness (QED) is 0.0993. The number of aliphatic hydroxyl groups is 1. The predicted octanol–water partition coefficient (Wildman–Crippen LogP) is 10.1. The van der Waals surface area contributed by atoms with E-state index < -0.39 is 6.10 Å². The van der Waals surface area contributed by atoms with Crippen LogP contribution in [0.25, 0.3) is 10.9 Å². The molecule has 0 aliphatic carbocycles. The van der Waals surface area contributed by atoms with Gasteiger partial charge in [-0.2, -0.15) is 0 Å². The Hall–Kier alpha value is -5.63. The number of hydrogen-bond donors (Lipinski definition) is 1. The predicted molar refractivity (Wildman–Crippen MR) is 218 cm³/mol. The molecule has 1 N–H and O–H groups in total. The van der Waals surface area contributed by atoms with Crippen molar-refractivity contribution in [3.63, 3.8) is 0 Å². The number of benzene rings is 5. The SMILES string of the molecule is C=CC1CN(Cc2cc(OCc3ccccc3)c(OCc3ccccc3)c(OCc3ccccc3)c2)[C@H]([C@H](O)c2ccnc3ccc(OC)cc23)CC1CC. The number of piperidine rings is 1. The molecule has 7 heteroatoms. The molecule has 7 rings (SSSR count). The number of rotatable bonds is 16. The van der Waals surface area contributed by atoms with Crippen LogP contribution in [0.1, 0.15) is 53.7 Å². The van der Waals surface area contributed by atoms with Gasteiger partial charge in [-0.15, -0.1) is 6.58 Å². The fraction of sp³-hybridized carbons (Fsp3) is 0.271. The Morgan fingerprint density at radius 3 is 1.89 bits per heavy atom. The Labute approximate surface area is 324 Å². The zero-order valence-electron chi connectivity index (χ0n) is 31.7. The molecule has 1 aliphatic rings. The lowest BCUT2D eigenvalue weighted by molar-refractivity contribution is -0.0121. The minimum absolute atomic E-state index is 0.172. The van der Waals surface area contributed by atoms with E-state index in [1.165, 1.54) is 0 Å². The van der Waals surface area contributed by atoms with E-state index in [1.54, 1.807) is 13.3 Å². The van der Waals surface area contributed by atoms with Crippen molar-refractivity contribution in [2.24, 2.45) is 11.8 Å². The molecular weight excluding hydrogens is 685 g/mol. The van der Waals surface area contributed by atoms with Crippen LogP contribution >= 0.6 is 0 Å². The van der Waals surface area contributed by atoms with E-state index in [9.17, 15) is 5.11 Å². The minimum Gasteiger partial charge on any atom is -0.497 e. The molecule has 4 atom stereocenters. The topological polar surface area (TPSA) is 73.3 Å². The molecule has 7 nitrogen and oxygen atoms in total. The summed E-state index contributed by atoms with van der Waals surface area (Å²) in [6.45, 7) is 8.86.